The number of carbonyl (C=O) groups excluding carboxylic acids is 2. The van der Waals surface area contributed by atoms with Gasteiger partial charge in [-0.05, 0) is 61.4 Å². The molecule has 5 aromatic rings. The summed E-state index contributed by atoms with van der Waals surface area (Å²) in [4.78, 5) is 36.4. The van der Waals surface area contributed by atoms with Crippen LogP contribution < -0.4 is 10.6 Å². The van der Waals surface area contributed by atoms with Crippen LogP contribution in [0, 0.1) is 13.8 Å². The summed E-state index contributed by atoms with van der Waals surface area (Å²) in [6.45, 7) is 4.54. The molecule has 3 heterocycles. The zero-order chi connectivity index (χ0) is 25.9. The number of anilines is 2. The van der Waals surface area contributed by atoms with Gasteiger partial charge in [0.2, 0.25) is 0 Å². The van der Waals surface area contributed by atoms with E-state index in [0.29, 0.717) is 29.1 Å². The Labute approximate surface area is 217 Å². The fourth-order valence-electron chi connectivity index (χ4n) is 3.96. The Kier molecular flexibility index (Phi) is 6.70. The van der Waals surface area contributed by atoms with Gasteiger partial charge in [0.25, 0.3) is 5.91 Å². The van der Waals surface area contributed by atoms with Crippen molar-refractivity contribution in [2.24, 2.45) is 0 Å². The summed E-state index contributed by atoms with van der Waals surface area (Å²) in [5, 5.41) is 10.2. The highest BCUT2D eigenvalue weighted by Gasteiger charge is 2.12. The van der Waals surface area contributed by atoms with Gasteiger partial charge in [-0.15, -0.1) is 11.3 Å². The maximum Gasteiger partial charge on any atom is 0.354 e. The number of thiazole rings is 1. The molecule has 0 saturated carbocycles. The van der Waals surface area contributed by atoms with Crippen LogP contribution in [0.2, 0.25) is 0 Å². The lowest BCUT2D eigenvalue weighted by Gasteiger charge is -2.12. The summed E-state index contributed by atoms with van der Waals surface area (Å²) in [6, 6.07) is 16.9. The second-order valence-electron chi connectivity index (χ2n) is 8.61. The number of nitrogens with zero attached hydrogens (tertiary/aromatic N) is 2. The van der Waals surface area contributed by atoms with Crippen molar-refractivity contribution in [2.45, 2.75) is 20.4 Å². The van der Waals surface area contributed by atoms with Crippen molar-refractivity contribution in [3.05, 3.63) is 93.6 Å². The highest BCUT2D eigenvalue weighted by atomic mass is 32.1. The van der Waals surface area contributed by atoms with Gasteiger partial charge in [-0.25, -0.2) is 14.8 Å². The smallest absolute Gasteiger partial charge is 0.354 e. The number of hydrogen-bond acceptors (Lipinski definition) is 7. The van der Waals surface area contributed by atoms with Crippen molar-refractivity contribution in [2.75, 3.05) is 17.7 Å². The number of hydrogen-bond donors (Lipinski definition) is 3. The Morgan fingerprint density at radius 2 is 1.84 bits per heavy atom. The van der Waals surface area contributed by atoms with Crippen molar-refractivity contribution >= 4 is 45.6 Å². The van der Waals surface area contributed by atoms with E-state index in [2.05, 4.69) is 25.6 Å². The van der Waals surface area contributed by atoms with Crippen molar-refractivity contribution in [1.82, 2.24) is 15.0 Å². The zero-order valence-corrected chi connectivity index (χ0v) is 21.4. The van der Waals surface area contributed by atoms with Crippen LogP contribution in [0.15, 0.2) is 66.2 Å². The predicted molar refractivity (Wildman–Crippen MR) is 146 cm³/mol. The first-order valence-electron chi connectivity index (χ1n) is 11.6. The lowest BCUT2D eigenvalue weighted by atomic mass is 10.1. The largest absolute Gasteiger partial charge is 0.464 e. The number of rotatable bonds is 7. The molecule has 3 N–H and O–H groups in total. The summed E-state index contributed by atoms with van der Waals surface area (Å²) in [7, 11) is 1.34. The minimum atomic E-state index is -0.438. The molecule has 2 aromatic carbocycles. The van der Waals surface area contributed by atoms with E-state index in [1.807, 2.05) is 67.8 Å². The lowest BCUT2D eigenvalue weighted by molar-refractivity contribution is 0.0595. The number of esters is 1. The molecule has 9 heteroatoms. The molecule has 0 fully saturated rings. The van der Waals surface area contributed by atoms with Crippen LogP contribution in [0.4, 0.5) is 11.4 Å². The molecule has 8 nitrogen and oxygen atoms in total. The molecule has 186 valence electrons. The average molecular weight is 512 g/mol. The second kappa shape index (κ2) is 10.2. The molecule has 0 saturated heterocycles. The SMILES string of the molecule is COC(=O)c1cc2cc(NCc3cc(NC(=O)c4ccc(-c5csc(C)n5)cc4)ccc3C)cnc2[nH]1. The Morgan fingerprint density at radius 1 is 1.03 bits per heavy atom. The molecule has 0 radical (unpaired) electrons. The number of carbonyl (C=O) groups is 2. The number of nitrogens with one attached hydrogen (secondary N) is 3. The number of methoxy groups -OCH3 is 1. The molecule has 0 atom stereocenters. The molecule has 0 aliphatic carbocycles. The molecule has 0 spiro atoms. The highest BCUT2D eigenvalue weighted by molar-refractivity contribution is 7.09. The molecule has 3 aromatic heterocycles. The van der Waals surface area contributed by atoms with Gasteiger partial charge in [0.15, 0.2) is 0 Å². The number of aromatic amines is 1. The molecular weight excluding hydrogens is 486 g/mol. The van der Waals surface area contributed by atoms with Crippen molar-refractivity contribution in [1.29, 1.82) is 0 Å². The van der Waals surface area contributed by atoms with E-state index in [1.165, 1.54) is 7.11 Å². The van der Waals surface area contributed by atoms with Gasteiger partial charge in [0.1, 0.15) is 11.3 Å². The van der Waals surface area contributed by atoms with Gasteiger partial charge in [0, 0.05) is 34.1 Å². The van der Waals surface area contributed by atoms with Crippen LogP contribution >= 0.6 is 11.3 Å². The van der Waals surface area contributed by atoms with Gasteiger partial charge in [-0.1, -0.05) is 18.2 Å². The minimum absolute atomic E-state index is 0.174. The van der Waals surface area contributed by atoms with Crippen molar-refractivity contribution < 1.29 is 14.3 Å². The first-order chi connectivity index (χ1) is 17.9. The van der Waals surface area contributed by atoms with E-state index in [9.17, 15) is 9.59 Å². The van der Waals surface area contributed by atoms with E-state index < -0.39 is 5.97 Å². The second-order valence-corrected chi connectivity index (χ2v) is 9.68. The van der Waals surface area contributed by atoms with Crippen LogP contribution in [0.1, 0.15) is 37.0 Å². The van der Waals surface area contributed by atoms with E-state index in [-0.39, 0.29) is 5.91 Å². The van der Waals surface area contributed by atoms with E-state index >= 15 is 0 Å². The Balaban J connectivity index is 1.25. The van der Waals surface area contributed by atoms with Crippen LogP contribution in [0.25, 0.3) is 22.3 Å². The molecule has 0 aliphatic rings. The number of pyridine rings is 1. The van der Waals surface area contributed by atoms with Crippen LogP contribution in [0.5, 0.6) is 0 Å². The molecule has 0 unspecified atom stereocenters. The van der Waals surface area contributed by atoms with Gasteiger partial charge in [-0.3, -0.25) is 4.79 Å². The number of fused-ring (bicyclic) bond motifs is 1. The van der Waals surface area contributed by atoms with E-state index in [4.69, 9.17) is 4.74 Å². The number of amides is 1. The zero-order valence-electron chi connectivity index (χ0n) is 20.6. The summed E-state index contributed by atoms with van der Waals surface area (Å²) in [6.07, 6.45) is 1.71. The Bertz CT molecular complexity index is 1600. The summed E-state index contributed by atoms with van der Waals surface area (Å²) in [5.74, 6) is -0.611. The topological polar surface area (TPSA) is 109 Å². The molecule has 0 bridgehead atoms. The van der Waals surface area contributed by atoms with Gasteiger partial charge >= 0.3 is 5.97 Å². The number of ether oxygens (including phenoxy) is 1. The van der Waals surface area contributed by atoms with Crippen molar-refractivity contribution in [3.63, 3.8) is 0 Å². The van der Waals surface area contributed by atoms with Crippen LogP contribution in [-0.4, -0.2) is 33.9 Å². The predicted octanol–water partition coefficient (Wildman–Crippen LogP) is 5.95. The highest BCUT2D eigenvalue weighted by Crippen LogP contribution is 2.23. The van der Waals surface area contributed by atoms with Gasteiger partial charge < -0.3 is 20.4 Å². The third-order valence-corrected chi connectivity index (χ3v) is 6.80. The summed E-state index contributed by atoms with van der Waals surface area (Å²) < 4.78 is 4.76. The minimum Gasteiger partial charge on any atom is -0.464 e. The molecular formula is C28H25N5O3S. The summed E-state index contributed by atoms with van der Waals surface area (Å²) in [5.41, 5.74) is 7.11. The van der Waals surface area contributed by atoms with Crippen LogP contribution in [0.3, 0.4) is 0 Å². The first kappa shape index (κ1) is 24.2. The quantitative estimate of drug-likeness (QED) is 0.233. The normalized spacial score (nSPS) is 10.9. The molecule has 5 rings (SSSR count). The number of benzene rings is 2. The third kappa shape index (κ3) is 5.36. The number of aryl methyl sites for hydroxylation is 2. The maximum absolute atomic E-state index is 12.9. The monoisotopic (exact) mass is 511 g/mol. The first-order valence-corrected chi connectivity index (χ1v) is 12.5. The van der Waals surface area contributed by atoms with Crippen molar-refractivity contribution in [3.8, 4) is 11.3 Å². The number of H-pyrrole nitrogens is 1. The van der Waals surface area contributed by atoms with Gasteiger partial charge in [0.05, 0.1) is 29.7 Å². The molecule has 0 aliphatic heterocycles. The fraction of sp³-hybridized carbons (Fsp3) is 0.143. The average Bonchev–Trinajstić information content (AvgIpc) is 3.54. The standard InChI is InChI=1S/C28H25N5O3S/c1-16-4-9-22(32-27(34)19-7-5-18(6-8-19)25-15-37-17(2)31-25)11-21(16)13-29-23-10-20-12-24(28(35)36-3)33-26(20)30-14-23/h4-12,14-15,29H,13H2,1-3H3,(H,30,33)(H,32,34). The molecule has 37 heavy (non-hydrogen) atoms. The number of aromatic nitrogens is 3. The van der Waals surface area contributed by atoms with E-state index in [1.54, 1.807) is 23.6 Å². The Hall–Kier alpha value is -4.50. The third-order valence-electron chi connectivity index (χ3n) is 6.03. The van der Waals surface area contributed by atoms with Gasteiger partial charge in [-0.2, -0.15) is 0 Å². The van der Waals surface area contributed by atoms with Crippen LogP contribution in [-0.2, 0) is 11.3 Å². The summed E-state index contributed by atoms with van der Waals surface area (Å²) >= 11 is 1.60. The fourth-order valence-corrected chi connectivity index (χ4v) is 4.58. The Morgan fingerprint density at radius 3 is 2.57 bits per heavy atom. The molecule has 1 amide bonds. The lowest BCUT2D eigenvalue weighted by Crippen LogP contribution is -2.12. The van der Waals surface area contributed by atoms with E-state index in [0.717, 1.165) is 38.5 Å². The maximum atomic E-state index is 12.9.